The van der Waals surface area contributed by atoms with Crippen LogP contribution in [0.4, 0.5) is 0 Å². The molecule has 100 valence electrons. The molecule has 0 bridgehead atoms. The van der Waals surface area contributed by atoms with Crippen molar-refractivity contribution in [3.63, 3.8) is 0 Å². The van der Waals surface area contributed by atoms with Gasteiger partial charge in [0.05, 0.1) is 11.5 Å². The highest BCUT2D eigenvalue weighted by molar-refractivity contribution is 7.91. The summed E-state index contributed by atoms with van der Waals surface area (Å²) in [5.41, 5.74) is 5.64. The van der Waals surface area contributed by atoms with Crippen molar-refractivity contribution >= 4 is 15.8 Å². The molecule has 17 heavy (non-hydrogen) atoms. The minimum atomic E-state index is -2.78. The van der Waals surface area contributed by atoms with E-state index in [0.717, 1.165) is 19.5 Å². The van der Waals surface area contributed by atoms with E-state index in [1.807, 2.05) is 6.92 Å². The van der Waals surface area contributed by atoms with Crippen LogP contribution in [-0.4, -0.2) is 63.5 Å². The van der Waals surface area contributed by atoms with Crippen LogP contribution < -0.4 is 11.1 Å². The van der Waals surface area contributed by atoms with Crippen LogP contribution in [0.15, 0.2) is 4.99 Å². The van der Waals surface area contributed by atoms with Gasteiger partial charge in [-0.2, -0.15) is 0 Å². The van der Waals surface area contributed by atoms with E-state index in [1.54, 1.807) is 0 Å². The topological polar surface area (TPSA) is 87.8 Å². The monoisotopic (exact) mass is 262 g/mol. The fourth-order valence-corrected chi connectivity index (χ4v) is 2.88. The summed E-state index contributed by atoms with van der Waals surface area (Å²) in [6.45, 7) is 5.54. The third-order valence-electron chi connectivity index (χ3n) is 2.68. The maximum absolute atomic E-state index is 11.2. The first-order valence-electron chi connectivity index (χ1n) is 6.00. The normalized spacial score (nSPS) is 21.4. The van der Waals surface area contributed by atoms with Gasteiger partial charge in [-0.25, -0.2) is 8.42 Å². The second-order valence-corrected chi connectivity index (χ2v) is 6.49. The molecule has 0 aromatic heterocycles. The zero-order chi connectivity index (χ0) is 12.7. The van der Waals surface area contributed by atoms with E-state index in [4.69, 9.17) is 5.73 Å². The summed E-state index contributed by atoms with van der Waals surface area (Å²) in [7, 11) is -2.78. The highest BCUT2D eigenvalue weighted by Gasteiger charge is 2.20. The molecular formula is C10H22N4O2S. The number of sulfone groups is 1. The van der Waals surface area contributed by atoms with Gasteiger partial charge in [-0.1, -0.05) is 6.92 Å². The molecule has 6 nitrogen and oxygen atoms in total. The molecule has 0 aromatic carbocycles. The molecule has 1 saturated heterocycles. The average molecular weight is 262 g/mol. The summed E-state index contributed by atoms with van der Waals surface area (Å²) in [6.07, 6.45) is 0.979. The number of nitrogens with one attached hydrogen (secondary N) is 1. The molecular weight excluding hydrogens is 240 g/mol. The Bertz CT molecular complexity index is 339. The molecule has 0 radical (unpaired) electrons. The van der Waals surface area contributed by atoms with Crippen LogP contribution >= 0.6 is 0 Å². The summed E-state index contributed by atoms with van der Waals surface area (Å²) in [4.78, 5) is 6.24. The Balaban J connectivity index is 2.16. The summed E-state index contributed by atoms with van der Waals surface area (Å²) in [5.74, 6) is 1.01. The van der Waals surface area contributed by atoms with Crippen molar-refractivity contribution in [2.45, 2.75) is 13.3 Å². The van der Waals surface area contributed by atoms with Crippen molar-refractivity contribution in [1.82, 2.24) is 10.2 Å². The van der Waals surface area contributed by atoms with E-state index < -0.39 is 9.84 Å². The largest absolute Gasteiger partial charge is 0.370 e. The summed E-state index contributed by atoms with van der Waals surface area (Å²) in [6, 6.07) is 0. The van der Waals surface area contributed by atoms with Gasteiger partial charge in [0.15, 0.2) is 15.8 Å². The van der Waals surface area contributed by atoms with Gasteiger partial charge in [0.1, 0.15) is 0 Å². The maximum Gasteiger partial charge on any atom is 0.188 e. The van der Waals surface area contributed by atoms with E-state index >= 15 is 0 Å². The molecule has 0 atom stereocenters. The molecule has 3 N–H and O–H groups in total. The number of hydrogen-bond acceptors (Lipinski definition) is 4. The Labute approximate surface area is 103 Å². The molecule has 1 heterocycles. The number of nitrogens with two attached hydrogens (primary N) is 1. The van der Waals surface area contributed by atoms with Crippen molar-refractivity contribution in [3.05, 3.63) is 0 Å². The Hall–Kier alpha value is -0.820. The van der Waals surface area contributed by atoms with Crippen LogP contribution in [-0.2, 0) is 9.84 Å². The second kappa shape index (κ2) is 6.80. The van der Waals surface area contributed by atoms with Gasteiger partial charge in [-0.3, -0.25) is 9.89 Å². The Morgan fingerprint density at radius 3 is 2.65 bits per heavy atom. The number of rotatable bonds is 5. The SMILES string of the molecule is CCCN=C(N)NCCN1CCS(=O)(=O)CC1. The van der Waals surface area contributed by atoms with Crippen molar-refractivity contribution in [3.8, 4) is 0 Å². The van der Waals surface area contributed by atoms with Crippen LogP contribution in [0.2, 0.25) is 0 Å². The molecule has 1 rings (SSSR count). The number of aliphatic imine (C=N–C) groups is 1. The van der Waals surface area contributed by atoms with Gasteiger partial charge in [0.25, 0.3) is 0 Å². The van der Waals surface area contributed by atoms with E-state index in [0.29, 0.717) is 25.6 Å². The molecule has 0 aliphatic carbocycles. The van der Waals surface area contributed by atoms with Crippen molar-refractivity contribution < 1.29 is 8.42 Å². The van der Waals surface area contributed by atoms with Crippen LogP contribution in [0.5, 0.6) is 0 Å². The minimum absolute atomic E-state index is 0.270. The van der Waals surface area contributed by atoms with Crippen molar-refractivity contribution in [1.29, 1.82) is 0 Å². The van der Waals surface area contributed by atoms with E-state index in [9.17, 15) is 8.42 Å². The molecule has 1 aliphatic heterocycles. The smallest absolute Gasteiger partial charge is 0.188 e. The van der Waals surface area contributed by atoms with Crippen molar-refractivity contribution in [2.75, 3.05) is 44.2 Å². The minimum Gasteiger partial charge on any atom is -0.370 e. The molecule has 0 aromatic rings. The quantitative estimate of drug-likeness (QED) is 0.492. The fraction of sp³-hybridized carbons (Fsp3) is 0.900. The van der Waals surface area contributed by atoms with Gasteiger partial charge >= 0.3 is 0 Å². The average Bonchev–Trinajstić information content (AvgIpc) is 2.29. The van der Waals surface area contributed by atoms with Gasteiger partial charge in [-0.05, 0) is 6.42 Å². The summed E-state index contributed by atoms with van der Waals surface area (Å²) in [5, 5.41) is 3.02. The number of guanidine groups is 1. The van der Waals surface area contributed by atoms with E-state index in [1.165, 1.54) is 0 Å². The maximum atomic E-state index is 11.2. The Kier molecular flexibility index (Phi) is 5.70. The van der Waals surface area contributed by atoms with Gasteiger partial charge in [-0.15, -0.1) is 0 Å². The van der Waals surface area contributed by atoms with Crippen LogP contribution in [0, 0.1) is 0 Å². The van der Waals surface area contributed by atoms with Crippen molar-refractivity contribution in [2.24, 2.45) is 10.7 Å². The first-order valence-corrected chi connectivity index (χ1v) is 7.82. The lowest BCUT2D eigenvalue weighted by Crippen LogP contribution is -2.44. The molecule has 1 aliphatic rings. The zero-order valence-corrected chi connectivity index (χ0v) is 11.2. The first kappa shape index (κ1) is 14.2. The third kappa shape index (κ3) is 5.88. The second-order valence-electron chi connectivity index (χ2n) is 4.19. The molecule has 0 amide bonds. The molecule has 0 unspecified atom stereocenters. The molecule has 0 saturated carbocycles. The Morgan fingerprint density at radius 2 is 2.06 bits per heavy atom. The predicted molar refractivity (Wildman–Crippen MR) is 69.9 cm³/mol. The van der Waals surface area contributed by atoms with Crippen LogP contribution in [0.25, 0.3) is 0 Å². The highest BCUT2D eigenvalue weighted by atomic mass is 32.2. The molecule has 0 spiro atoms. The number of hydrogen-bond donors (Lipinski definition) is 2. The lowest BCUT2D eigenvalue weighted by atomic mass is 10.4. The zero-order valence-electron chi connectivity index (χ0n) is 10.4. The predicted octanol–water partition coefficient (Wildman–Crippen LogP) is -0.969. The van der Waals surface area contributed by atoms with E-state index in [-0.39, 0.29) is 11.5 Å². The molecule has 1 fully saturated rings. The van der Waals surface area contributed by atoms with Crippen LogP contribution in [0.3, 0.4) is 0 Å². The summed E-state index contributed by atoms with van der Waals surface area (Å²) >= 11 is 0. The Morgan fingerprint density at radius 1 is 1.41 bits per heavy atom. The lowest BCUT2D eigenvalue weighted by molar-refractivity contribution is 0.300. The first-order chi connectivity index (χ1) is 8.03. The fourth-order valence-electron chi connectivity index (χ4n) is 1.60. The highest BCUT2D eigenvalue weighted by Crippen LogP contribution is 2.02. The standard InChI is InChI=1S/C10H22N4O2S/c1-2-3-12-10(11)13-4-5-14-6-8-17(15,16)9-7-14/h2-9H2,1H3,(H3,11,12,13). The van der Waals surface area contributed by atoms with Gasteiger partial charge < -0.3 is 11.1 Å². The lowest BCUT2D eigenvalue weighted by Gasteiger charge is -2.26. The molecule has 7 heteroatoms. The summed E-state index contributed by atoms with van der Waals surface area (Å²) < 4.78 is 22.4. The number of nitrogens with zero attached hydrogens (tertiary/aromatic N) is 2. The third-order valence-corrected chi connectivity index (χ3v) is 4.29. The van der Waals surface area contributed by atoms with E-state index in [2.05, 4.69) is 15.2 Å². The van der Waals surface area contributed by atoms with Crippen LogP contribution in [0.1, 0.15) is 13.3 Å². The van der Waals surface area contributed by atoms with Gasteiger partial charge in [0, 0.05) is 32.7 Å². The van der Waals surface area contributed by atoms with Gasteiger partial charge in [0.2, 0.25) is 0 Å².